The van der Waals surface area contributed by atoms with Crippen LogP contribution in [0.3, 0.4) is 0 Å². The molecular weight excluding hydrogens is 432 g/mol. The fourth-order valence-corrected chi connectivity index (χ4v) is 4.27. The van der Waals surface area contributed by atoms with Crippen molar-refractivity contribution >= 4 is 37.5 Å². The van der Waals surface area contributed by atoms with Gasteiger partial charge in [-0.2, -0.15) is 0 Å². The molecule has 27 heavy (non-hydrogen) atoms. The molecule has 0 aliphatic carbocycles. The molecule has 8 heteroatoms. The molecule has 1 amide bonds. The largest absolute Gasteiger partial charge is 0.381 e. The summed E-state index contributed by atoms with van der Waals surface area (Å²) in [7, 11) is -3.64. The fourth-order valence-electron chi connectivity index (χ4n) is 3.36. The Bertz CT molecular complexity index is 923. The zero-order chi connectivity index (χ0) is 19.5. The Morgan fingerprint density at radius 1 is 1.15 bits per heavy atom. The Kier molecular flexibility index (Phi) is 6.00. The molecule has 2 aromatic rings. The van der Waals surface area contributed by atoms with Gasteiger partial charge < -0.3 is 10.1 Å². The summed E-state index contributed by atoms with van der Waals surface area (Å²) in [6, 6.07) is 14.5. The SMILES string of the molecule is NS(=O)(=O)Cc1cccc(NC(=O)C2(c3ccc(Br)cc3)CCOCC2)c1. The number of carbonyl (C=O) groups excluding carboxylic acids is 1. The van der Waals surface area contributed by atoms with E-state index < -0.39 is 15.4 Å². The van der Waals surface area contributed by atoms with Crippen LogP contribution >= 0.6 is 15.9 Å². The quantitative estimate of drug-likeness (QED) is 0.728. The minimum atomic E-state index is -3.64. The molecule has 0 radical (unpaired) electrons. The Morgan fingerprint density at radius 2 is 1.81 bits per heavy atom. The first-order valence-electron chi connectivity index (χ1n) is 8.53. The van der Waals surface area contributed by atoms with E-state index in [0.29, 0.717) is 37.3 Å². The highest BCUT2D eigenvalue weighted by Crippen LogP contribution is 2.36. The number of benzene rings is 2. The summed E-state index contributed by atoms with van der Waals surface area (Å²) in [5.41, 5.74) is 1.32. The fraction of sp³-hybridized carbons (Fsp3) is 0.316. The number of primary sulfonamides is 1. The monoisotopic (exact) mass is 452 g/mol. The number of halogens is 1. The van der Waals surface area contributed by atoms with Crippen molar-refractivity contribution in [1.82, 2.24) is 0 Å². The summed E-state index contributed by atoms with van der Waals surface area (Å²) in [5, 5.41) is 8.06. The van der Waals surface area contributed by atoms with Crippen LogP contribution in [0, 0.1) is 0 Å². The van der Waals surface area contributed by atoms with Crippen molar-refractivity contribution in [2.75, 3.05) is 18.5 Å². The van der Waals surface area contributed by atoms with Crippen LogP contribution < -0.4 is 10.5 Å². The Morgan fingerprint density at radius 3 is 2.44 bits per heavy atom. The minimum absolute atomic E-state index is 0.124. The van der Waals surface area contributed by atoms with Crippen molar-refractivity contribution in [2.45, 2.75) is 24.0 Å². The molecular formula is C19H21BrN2O4S. The second-order valence-electron chi connectivity index (χ2n) is 6.66. The number of hydrogen-bond acceptors (Lipinski definition) is 4. The molecule has 1 aliphatic heterocycles. The minimum Gasteiger partial charge on any atom is -0.381 e. The Labute approximate surface area is 167 Å². The third-order valence-electron chi connectivity index (χ3n) is 4.73. The van der Waals surface area contributed by atoms with E-state index in [1.54, 1.807) is 24.3 Å². The first-order valence-corrected chi connectivity index (χ1v) is 11.0. The van der Waals surface area contributed by atoms with Crippen LogP contribution in [0.5, 0.6) is 0 Å². The van der Waals surface area contributed by atoms with Crippen LogP contribution in [0.4, 0.5) is 5.69 Å². The van der Waals surface area contributed by atoms with Gasteiger partial charge in [0.1, 0.15) is 0 Å². The van der Waals surface area contributed by atoms with Crippen LogP contribution in [0.25, 0.3) is 0 Å². The van der Waals surface area contributed by atoms with Gasteiger partial charge in [-0.15, -0.1) is 0 Å². The number of ether oxygens (including phenoxy) is 1. The molecule has 0 bridgehead atoms. The lowest BCUT2D eigenvalue weighted by Gasteiger charge is -2.36. The second-order valence-corrected chi connectivity index (χ2v) is 9.19. The predicted octanol–water partition coefficient (Wildman–Crippen LogP) is 2.92. The Balaban J connectivity index is 1.87. The molecule has 1 aliphatic rings. The number of hydrogen-bond donors (Lipinski definition) is 2. The molecule has 1 heterocycles. The van der Waals surface area contributed by atoms with Crippen molar-refractivity contribution in [3.63, 3.8) is 0 Å². The number of rotatable bonds is 5. The third-order valence-corrected chi connectivity index (χ3v) is 5.99. The standard InChI is InChI=1S/C19H21BrN2O4S/c20-16-6-4-15(5-7-16)19(8-10-26-11-9-19)18(23)22-17-3-1-2-14(12-17)13-27(21,24)25/h1-7,12H,8-11,13H2,(H,22,23)(H2,21,24,25). The Hall–Kier alpha value is -1.74. The second kappa shape index (κ2) is 8.10. The van der Waals surface area contributed by atoms with E-state index in [9.17, 15) is 13.2 Å². The van der Waals surface area contributed by atoms with E-state index in [1.165, 1.54) is 0 Å². The van der Waals surface area contributed by atoms with Gasteiger partial charge in [-0.05, 0) is 48.2 Å². The zero-order valence-electron chi connectivity index (χ0n) is 14.7. The molecule has 1 saturated heterocycles. The van der Waals surface area contributed by atoms with E-state index in [0.717, 1.165) is 10.0 Å². The highest BCUT2D eigenvalue weighted by molar-refractivity contribution is 9.10. The smallest absolute Gasteiger partial charge is 0.235 e. The summed E-state index contributed by atoms with van der Waals surface area (Å²) < 4.78 is 29.1. The van der Waals surface area contributed by atoms with Crippen LogP contribution in [0.2, 0.25) is 0 Å². The average Bonchev–Trinajstić information content (AvgIpc) is 2.61. The summed E-state index contributed by atoms with van der Waals surface area (Å²) in [6.45, 7) is 1.02. The van der Waals surface area contributed by atoms with Crippen LogP contribution in [0.15, 0.2) is 53.0 Å². The average molecular weight is 453 g/mol. The van der Waals surface area contributed by atoms with Crippen molar-refractivity contribution in [3.05, 3.63) is 64.1 Å². The first kappa shape index (κ1) is 20.0. The number of anilines is 1. The van der Waals surface area contributed by atoms with Crippen LogP contribution in [-0.2, 0) is 30.7 Å². The lowest BCUT2D eigenvalue weighted by Crippen LogP contribution is -2.44. The number of amides is 1. The molecule has 6 nitrogen and oxygen atoms in total. The molecule has 0 spiro atoms. The van der Waals surface area contributed by atoms with E-state index in [2.05, 4.69) is 21.2 Å². The van der Waals surface area contributed by atoms with Gasteiger partial charge >= 0.3 is 0 Å². The van der Waals surface area contributed by atoms with Crippen molar-refractivity contribution in [2.24, 2.45) is 5.14 Å². The highest BCUT2D eigenvalue weighted by atomic mass is 79.9. The normalized spacial score (nSPS) is 16.7. The maximum Gasteiger partial charge on any atom is 0.235 e. The molecule has 0 aromatic heterocycles. The molecule has 3 N–H and O–H groups in total. The van der Waals surface area contributed by atoms with Gasteiger partial charge in [-0.1, -0.05) is 40.2 Å². The number of nitrogens with two attached hydrogens (primary N) is 1. The highest BCUT2D eigenvalue weighted by Gasteiger charge is 2.41. The summed E-state index contributed by atoms with van der Waals surface area (Å²) >= 11 is 3.43. The van der Waals surface area contributed by atoms with Crippen LogP contribution in [-0.4, -0.2) is 27.5 Å². The molecule has 2 aromatic carbocycles. The van der Waals surface area contributed by atoms with E-state index in [-0.39, 0.29) is 11.7 Å². The zero-order valence-corrected chi connectivity index (χ0v) is 17.1. The molecule has 144 valence electrons. The topological polar surface area (TPSA) is 98.5 Å². The van der Waals surface area contributed by atoms with Gasteiger partial charge in [-0.25, -0.2) is 13.6 Å². The first-order chi connectivity index (χ1) is 12.8. The summed E-state index contributed by atoms with van der Waals surface area (Å²) in [5.74, 6) is -0.400. The van der Waals surface area contributed by atoms with Gasteiger partial charge in [-0.3, -0.25) is 4.79 Å². The molecule has 0 saturated carbocycles. The van der Waals surface area contributed by atoms with E-state index >= 15 is 0 Å². The maximum absolute atomic E-state index is 13.3. The summed E-state index contributed by atoms with van der Waals surface area (Å²) in [6.07, 6.45) is 1.16. The number of carbonyl (C=O) groups is 1. The van der Waals surface area contributed by atoms with Crippen molar-refractivity contribution in [3.8, 4) is 0 Å². The van der Waals surface area contributed by atoms with E-state index in [1.807, 2.05) is 24.3 Å². The number of sulfonamides is 1. The van der Waals surface area contributed by atoms with Gasteiger partial charge in [0.05, 0.1) is 11.2 Å². The van der Waals surface area contributed by atoms with Gasteiger partial charge in [0.2, 0.25) is 15.9 Å². The maximum atomic E-state index is 13.3. The predicted molar refractivity (Wildman–Crippen MR) is 108 cm³/mol. The van der Waals surface area contributed by atoms with Crippen molar-refractivity contribution < 1.29 is 17.9 Å². The summed E-state index contributed by atoms with van der Waals surface area (Å²) in [4.78, 5) is 13.3. The number of nitrogens with one attached hydrogen (secondary N) is 1. The molecule has 1 fully saturated rings. The van der Waals surface area contributed by atoms with Crippen molar-refractivity contribution in [1.29, 1.82) is 0 Å². The third kappa shape index (κ3) is 4.95. The molecule has 0 unspecified atom stereocenters. The lowest BCUT2D eigenvalue weighted by molar-refractivity contribution is -0.125. The van der Waals surface area contributed by atoms with Gasteiger partial charge in [0, 0.05) is 23.4 Å². The van der Waals surface area contributed by atoms with Gasteiger partial charge in [0.15, 0.2) is 0 Å². The van der Waals surface area contributed by atoms with Crippen LogP contribution in [0.1, 0.15) is 24.0 Å². The lowest BCUT2D eigenvalue weighted by atomic mass is 9.73. The molecule has 3 rings (SSSR count). The van der Waals surface area contributed by atoms with E-state index in [4.69, 9.17) is 9.88 Å². The van der Waals surface area contributed by atoms with Gasteiger partial charge in [0.25, 0.3) is 0 Å². The molecule has 0 atom stereocenters.